The molecular weight excluding hydrogens is 322 g/mol. The van der Waals surface area contributed by atoms with E-state index in [9.17, 15) is 4.79 Å². The lowest BCUT2D eigenvalue weighted by Crippen LogP contribution is -2.43. The largest absolute Gasteiger partial charge is 0.356 e. The molecule has 0 aromatic heterocycles. The van der Waals surface area contributed by atoms with Gasteiger partial charge in [-0.1, -0.05) is 24.3 Å². The van der Waals surface area contributed by atoms with E-state index >= 15 is 0 Å². The molecule has 1 aromatic rings. The highest BCUT2D eigenvalue weighted by atomic mass is 35.5. The number of carbonyl (C=O) groups is 1. The number of hydrogen-bond donors (Lipinski definition) is 2. The van der Waals surface area contributed by atoms with E-state index in [-0.39, 0.29) is 24.2 Å². The highest BCUT2D eigenvalue weighted by Crippen LogP contribution is 2.18. The van der Waals surface area contributed by atoms with E-state index in [1.807, 2.05) is 0 Å². The van der Waals surface area contributed by atoms with Gasteiger partial charge in [-0.3, -0.25) is 9.69 Å². The van der Waals surface area contributed by atoms with Crippen molar-refractivity contribution in [3.63, 3.8) is 0 Å². The Bertz CT molecular complexity index is 537. The Morgan fingerprint density at radius 2 is 2.12 bits per heavy atom. The molecule has 24 heavy (non-hydrogen) atoms. The highest BCUT2D eigenvalue weighted by molar-refractivity contribution is 5.85. The average Bonchev–Trinajstić information content (AvgIpc) is 2.58. The summed E-state index contributed by atoms with van der Waals surface area (Å²) in [6, 6.07) is 9.20. The fraction of sp³-hybridized carbons (Fsp3) is 0.632. The smallest absolute Gasteiger partial charge is 0.223 e. The predicted molar refractivity (Wildman–Crippen MR) is 100 cm³/mol. The summed E-state index contributed by atoms with van der Waals surface area (Å²) in [7, 11) is 0. The maximum atomic E-state index is 12.2. The minimum Gasteiger partial charge on any atom is -0.356 e. The Kier molecular flexibility index (Phi) is 7.53. The van der Waals surface area contributed by atoms with Crippen molar-refractivity contribution in [1.29, 1.82) is 0 Å². The first-order chi connectivity index (χ1) is 11.2. The van der Waals surface area contributed by atoms with Gasteiger partial charge < -0.3 is 10.6 Å². The molecule has 0 saturated carbocycles. The van der Waals surface area contributed by atoms with Crippen LogP contribution in [0.3, 0.4) is 0 Å². The van der Waals surface area contributed by atoms with Crippen LogP contribution in [0.5, 0.6) is 0 Å². The summed E-state index contributed by atoms with van der Waals surface area (Å²) in [5.74, 6) is 0.454. The molecule has 2 aliphatic rings. The lowest BCUT2D eigenvalue weighted by atomic mass is 9.92. The van der Waals surface area contributed by atoms with E-state index in [2.05, 4.69) is 46.7 Å². The Morgan fingerprint density at radius 1 is 1.33 bits per heavy atom. The molecule has 1 amide bonds. The van der Waals surface area contributed by atoms with Crippen molar-refractivity contribution in [1.82, 2.24) is 15.5 Å². The fourth-order valence-electron chi connectivity index (χ4n) is 3.77. The maximum absolute atomic E-state index is 12.2. The molecule has 1 aromatic carbocycles. The van der Waals surface area contributed by atoms with E-state index in [1.54, 1.807) is 0 Å². The summed E-state index contributed by atoms with van der Waals surface area (Å²) in [4.78, 5) is 14.7. The number of rotatable bonds is 5. The molecule has 5 heteroatoms. The van der Waals surface area contributed by atoms with Crippen LogP contribution in [-0.2, 0) is 17.8 Å². The van der Waals surface area contributed by atoms with Gasteiger partial charge in [-0.15, -0.1) is 12.4 Å². The summed E-state index contributed by atoms with van der Waals surface area (Å²) < 4.78 is 0. The van der Waals surface area contributed by atoms with Gasteiger partial charge in [0, 0.05) is 38.1 Å². The summed E-state index contributed by atoms with van der Waals surface area (Å²) >= 11 is 0. The monoisotopic (exact) mass is 351 g/mol. The van der Waals surface area contributed by atoms with Crippen molar-refractivity contribution in [2.45, 2.75) is 45.2 Å². The molecule has 0 aliphatic carbocycles. The lowest BCUT2D eigenvalue weighted by Gasteiger charge is -2.29. The normalized spacial score (nSPS) is 23.9. The molecule has 1 saturated heterocycles. The van der Waals surface area contributed by atoms with Crippen LogP contribution in [0.4, 0.5) is 0 Å². The second-order valence-electron chi connectivity index (χ2n) is 7.02. The highest BCUT2D eigenvalue weighted by Gasteiger charge is 2.24. The van der Waals surface area contributed by atoms with Crippen molar-refractivity contribution in [2.75, 3.05) is 26.2 Å². The minimum atomic E-state index is 0. The van der Waals surface area contributed by atoms with Crippen LogP contribution < -0.4 is 10.6 Å². The van der Waals surface area contributed by atoms with Crippen LogP contribution in [-0.4, -0.2) is 43.0 Å². The Morgan fingerprint density at radius 3 is 2.92 bits per heavy atom. The first kappa shape index (κ1) is 19.2. The van der Waals surface area contributed by atoms with Gasteiger partial charge in [0.05, 0.1) is 0 Å². The summed E-state index contributed by atoms with van der Waals surface area (Å²) in [5.41, 5.74) is 2.96. The van der Waals surface area contributed by atoms with Crippen molar-refractivity contribution >= 4 is 18.3 Å². The molecule has 134 valence electrons. The van der Waals surface area contributed by atoms with Gasteiger partial charge in [0.2, 0.25) is 5.91 Å². The number of amides is 1. The first-order valence-electron chi connectivity index (χ1n) is 9.02. The maximum Gasteiger partial charge on any atom is 0.223 e. The SMILES string of the molecule is C[C@H]1C[C@@H](C(=O)NCCCN2CCc3ccccc3C2)CCN1.Cl. The molecule has 0 spiro atoms. The summed E-state index contributed by atoms with van der Waals surface area (Å²) in [5, 5.41) is 6.54. The third kappa shape index (κ3) is 5.20. The molecule has 3 rings (SSSR count). The number of nitrogens with zero attached hydrogens (tertiary/aromatic N) is 1. The molecule has 2 atom stereocenters. The molecule has 2 heterocycles. The van der Waals surface area contributed by atoms with Gasteiger partial charge in [-0.05, 0) is 50.3 Å². The lowest BCUT2D eigenvalue weighted by molar-refractivity contribution is -0.126. The van der Waals surface area contributed by atoms with Crippen molar-refractivity contribution < 1.29 is 4.79 Å². The van der Waals surface area contributed by atoms with E-state index in [0.29, 0.717) is 6.04 Å². The topological polar surface area (TPSA) is 44.4 Å². The van der Waals surface area contributed by atoms with Crippen molar-refractivity contribution in [3.05, 3.63) is 35.4 Å². The number of benzene rings is 1. The quantitative estimate of drug-likeness (QED) is 0.800. The van der Waals surface area contributed by atoms with Crippen LogP contribution >= 0.6 is 12.4 Å². The zero-order valence-corrected chi connectivity index (χ0v) is 15.4. The Labute approximate surface area is 151 Å². The third-order valence-electron chi connectivity index (χ3n) is 5.15. The van der Waals surface area contributed by atoms with Crippen LogP contribution in [0.25, 0.3) is 0 Å². The second kappa shape index (κ2) is 9.40. The number of nitrogens with one attached hydrogen (secondary N) is 2. The van der Waals surface area contributed by atoms with E-state index in [1.165, 1.54) is 11.1 Å². The van der Waals surface area contributed by atoms with E-state index < -0.39 is 0 Å². The summed E-state index contributed by atoms with van der Waals surface area (Å²) in [6.45, 7) is 7.18. The minimum absolute atomic E-state index is 0. The molecule has 1 fully saturated rings. The summed E-state index contributed by atoms with van der Waals surface area (Å²) in [6.07, 6.45) is 4.12. The molecule has 4 nitrogen and oxygen atoms in total. The van der Waals surface area contributed by atoms with E-state index in [0.717, 1.165) is 58.4 Å². The van der Waals surface area contributed by atoms with Crippen LogP contribution in [0.15, 0.2) is 24.3 Å². The van der Waals surface area contributed by atoms with Gasteiger partial charge in [-0.2, -0.15) is 0 Å². The predicted octanol–water partition coefficient (Wildman–Crippen LogP) is 2.36. The number of hydrogen-bond acceptors (Lipinski definition) is 3. The fourth-order valence-corrected chi connectivity index (χ4v) is 3.77. The van der Waals surface area contributed by atoms with Gasteiger partial charge >= 0.3 is 0 Å². The number of piperidine rings is 1. The van der Waals surface area contributed by atoms with Crippen LogP contribution in [0.1, 0.15) is 37.3 Å². The molecule has 0 bridgehead atoms. The standard InChI is InChI=1S/C19H29N3O.ClH/c1-15-13-17(7-10-20-15)19(23)21-9-4-11-22-12-8-16-5-2-3-6-18(16)14-22;/h2-3,5-6,15,17,20H,4,7-14H2,1H3,(H,21,23);1H/t15-,17-;/m0./s1. The number of halogens is 1. The number of fused-ring (bicyclic) bond motifs is 1. The molecule has 0 radical (unpaired) electrons. The van der Waals surface area contributed by atoms with Crippen LogP contribution in [0, 0.1) is 5.92 Å². The molecule has 2 N–H and O–H groups in total. The second-order valence-corrected chi connectivity index (χ2v) is 7.02. The molecular formula is C19H30ClN3O. The third-order valence-corrected chi connectivity index (χ3v) is 5.15. The zero-order chi connectivity index (χ0) is 16.1. The van der Waals surface area contributed by atoms with E-state index in [4.69, 9.17) is 0 Å². The average molecular weight is 352 g/mol. The zero-order valence-electron chi connectivity index (χ0n) is 14.6. The molecule has 0 unspecified atom stereocenters. The Hall–Kier alpha value is -1.10. The number of carbonyl (C=O) groups excluding carboxylic acids is 1. The Balaban J connectivity index is 0.00000208. The van der Waals surface area contributed by atoms with Crippen molar-refractivity contribution in [3.8, 4) is 0 Å². The first-order valence-corrected chi connectivity index (χ1v) is 9.02. The van der Waals surface area contributed by atoms with Gasteiger partial charge in [0.1, 0.15) is 0 Å². The van der Waals surface area contributed by atoms with Crippen molar-refractivity contribution in [2.24, 2.45) is 5.92 Å². The van der Waals surface area contributed by atoms with Gasteiger partial charge in [-0.25, -0.2) is 0 Å². The van der Waals surface area contributed by atoms with Gasteiger partial charge in [0.25, 0.3) is 0 Å². The molecule has 2 aliphatic heterocycles. The van der Waals surface area contributed by atoms with Gasteiger partial charge in [0.15, 0.2) is 0 Å². The van der Waals surface area contributed by atoms with Crippen LogP contribution in [0.2, 0.25) is 0 Å².